The van der Waals surface area contributed by atoms with Gasteiger partial charge in [0.25, 0.3) is 0 Å². The fraction of sp³-hybridized carbons (Fsp3) is 0.846. The molecule has 0 aromatic rings. The molecule has 0 aliphatic heterocycles. The maximum absolute atomic E-state index is 12.1. The summed E-state index contributed by atoms with van der Waals surface area (Å²) in [4.78, 5) is 23.4. The van der Waals surface area contributed by atoms with Gasteiger partial charge in [0, 0.05) is 0 Å². The monoisotopic (exact) mass is 312 g/mol. The van der Waals surface area contributed by atoms with E-state index in [1.807, 2.05) is 6.92 Å². The first-order chi connectivity index (χ1) is 8.94. The van der Waals surface area contributed by atoms with E-state index < -0.39 is 22.2 Å². The second-order valence-corrected chi connectivity index (χ2v) is 5.55. The zero-order chi connectivity index (χ0) is 14.9. The lowest BCUT2D eigenvalue weighted by Gasteiger charge is -2.27. The van der Waals surface area contributed by atoms with Gasteiger partial charge in [0.2, 0.25) is 0 Å². The third-order valence-electron chi connectivity index (χ3n) is 3.06. The van der Waals surface area contributed by atoms with E-state index in [4.69, 9.17) is 32.7 Å². The Hall–Kier alpha value is -0.480. The van der Waals surface area contributed by atoms with E-state index in [9.17, 15) is 9.59 Å². The number of carbonyl (C=O) groups is 2. The topological polar surface area (TPSA) is 52.6 Å². The maximum Gasteiger partial charge on any atom is 0.323 e. The summed E-state index contributed by atoms with van der Waals surface area (Å²) in [5, 5.41) is 0. The van der Waals surface area contributed by atoms with Gasteiger partial charge in [-0.2, -0.15) is 0 Å². The third-order valence-corrected chi connectivity index (χ3v) is 3.31. The van der Waals surface area contributed by atoms with Crippen molar-refractivity contribution in [3.8, 4) is 0 Å². The summed E-state index contributed by atoms with van der Waals surface area (Å²) in [5.74, 6) is -1.15. The van der Waals surface area contributed by atoms with E-state index in [0.717, 1.165) is 12.8 Å². The number of esters is 2. The normalized spacial score (nSPS) is 11.5. The molecule has 0 spiro atoms. The first kappa shape index (κ1) is 18.5. The molecule has 0 aromatic carbocycles. The number of ether oxygens (including phenoxy) is 2. The first-order valence-electron chi connectivity index (χ1n) is 6.57. The lowest BCUT2D eigenvalue weighted by atomic mass is 9.82. The van der Waals surface area contributed by atoms with Crippen LogP contribution in [0.4, 0.5) is 0 Å². The zero-order valence-corrected chi connectivity index (χ0v) is 13.2. The summed E-state index contributed by atoms with van der Waals surface area (Å²) < 4.78 is 10.1. The Balaban J connectivity index is 4.72. The second kappa shape index (κ2) is 9.43. The molecule has 0 aliphatic carbocycles. The molecule has 0 atom stereocenters. The predicted molar refractivity (Wildman–Crippen MR) is 75.3 cm³/mol. The Kier molecular flexibility index (Phi) is 9.19. The van der Waals surface area contributed by atoms with Crippen molar-refractivity contribution in [2.45, 2.75) is 51.3 Å². The SMILES string of the molecule is CCCCOC(=O)C(CC)(CC)C(=O)OCC(Cl)Cl. The minimum absolute atomic E-state index is 0.133. The van der Waals surface area contributed by atoms with Gasteiger partial charge in [0.15, 0.2) is 5.41 Å². The van der Waals surface area contributed by atoms with E-state index >= 15 is 0 Å². The van der Waals surface area contributed by atoms with Gasteiger partial charge in [-0.15, -0.1) is 23.2 Å². The van der Waals surface area contributed by atoms with Crippen LogP contribution in [-0.4, -0.2) is 30.0 Å². The highest BCUT2D eigenvalue weighted by Crippen LogP contribution is 2.30. The van der Waals surface area contributed by atoms with Crippen LogP contribution in [0.5, 0.6) is 0 Å². The molecule has 0 heterocycles. The summed E-state index contributed by atoms with van der Waals surface area (Å²) in [6.45, 7) is 5.69. The van der Waals surface area contributed by atoms with Crippen LogP contribution >= 0.6 is 23.2 Å². The molecule has 0 unspecified atom stereocenters. The molecule has 4 nitrogen and oxygen atoms in total. The molecular formula is C13H22Cl2O4. The molecule has 0 radical (unpaired) electrons. The van der Waals surface area contributed by atoms with Gasteiger partial charge in [-0.25, -0.2) is 0 Å². The lowest BCUT2D eigenvalue weighted by Crippen LogP contribution is -2.41. The fourth-order valence-electron chi connectivity index (χ4n) is 1.63. The van der Waals surface area contributed by atoms with Gasteiger partial charge in [0.1, 0.15) is 11.4 Å². The van der Waals surface area contributed by atoms with Crippen molar-refractivity contribution in [3.05, 3.63) is 0 Å². The van der Waals surface area contributed by atoms with Crippen molar-refractivity contribution in [1.82, 2.24) is 0 Å². The average molecular weight is 313 g/mol. The summed E-state index contributed by atoms with van der Waals surface area (Å²) >= 11 is 11.0. The van der Waals surface area contributed by atoms with Crippen LogP contribution in [0.2, 0.25) is 0 Å². The van der Waals surface area contributed by atoms with Crippen LogP contribution < -0.4 is 0 Å². The highest BCUT2D eigenvalue weighted by molar-refractivity contribution is 6.44. The summed E-state index contributed by atoms with van der Waals surface area (Å²) in [5.41, 5.74) is -1.25. The minimum Gasteiger partial charge on any atom is -0.465 e. The van der Waals surface area contributed by atoms with Crippen molar-refractivity contribution in [2.75, 3.05) is 13.2 Å². The first-order valence-corrected chi connectivity index (χ1v) is 7.44. The molecular weight excluding hydrogens is 291 g/mol. The largest absolute Gasteiger partial charge is 0.465 e. The Morgan fingerprint density at radius 2 is 1.58 bits per heavy atom. The van der Waals surface area contributed by atoms with E-state index in [1.165, 1.54) is 0 Å². The molecule has 0 aromatic heterocycles. The van der Waals surface area contributed by atoms with Gasteiger partial charge in [-0.1, -0.05) is 27.2 Å². The van der Waals surface area contributed by atoms with Crippen LogP contribution in [0.25, 0.3) is 0 Å². The molecule has 112 valence electrons. The lowest BCUT2D eigenvalue weighted by molar-refractivity contribution is -0.173. The number of unbranched alkanes of at least 4 members (excludes halogenated alkanes) is 1. The quantitative estimate of drug-likeness (QED) is 0.283. The molecule has 19 heavy (non-hydrogen) atoms. The van der Waals surface area contributed by atoms with E-state index in [1.54, 1.807) is 13.8 Å². The number of hydrogen-bond acceptors (Lipinski definition) is 4. The van der Waals surface area contributed by atoms with Gasteiger partial charge in [0.05, 0.1) is 6.61 Å². The van der Waals surface area contributed by atoms with Crippen LogP contribution in [0.3, 0.4) is 0 Å². The average Bonchev–Trinajstić information content (AvgIpc) is 2.38. The molecule has 0 bridgehead atoms. The van der Waals surface area contributed by atoms with Crippen molar-refractivity contribution < 1.29 is 19.1 Å². The molecule has 0 saturated heterocycles. The molecule has 0 fully saturated rings. The highest BCUT2D eigenvalue weighted by atomic mass is 35.5. The van der Waals surface area contributed by atoms with Crippen LogP contribution in [-0.2, 0) is 19.1 Å². The summed E-state index contributed by atoms with van der Waals surface area (Å²) in [6, 6.07) is 0. The summed E-state index contributed by atoms with van der Waals surface area (Å²) in [7, 11) is 0. The smallest absolute Gasteiger partial charge is 0.323 e. The Morgan fingerprint density at radius 1 is 1.05 bits per heavy atom. The predicted octanol–water partition coefficient (Wildman–Crippen LogP) is 3.48. The number of carbonyl (C=O) groups excluding carboxylic acids is 2. The molecule has 0 rings (SSSR count). The Morgan fingerprint density at radius 3 is 2.00 bits per heavy atom. The van der Waals surface area contributed by atoms with E-state index in [0.29, 0.717) is 19.4 Å². The zero-order valence-electron chi connectivity index (χ0n) is 11.7. The Bertz CT molecular complexity index is 288. The third kappa shape index (κ3) is 5.57. The van der Waals surface area contributed by atoms with Gasteiger partial charge in [-0.3, -0.25) is 9.59 Å². The van der Waals surface area contributed by atoms with Crippen molar-refractivity contribution in [3.63, 3.8) is 0 Å². The number of alkyl halides is 2. The maximum atomic E-state index is 12.1. The molecule has 0 saturated carbocycles. The summed E-state index contributed by atoms with van der Waals surface area (Å²) in [6.07, 6.45) is 2.34. The van der Waals surface area contributed by atoms with Crippen LogP contribution in [0, 0.1) is 5.41 Å². The second-order valence-electron chi connectivity index (χ2n) is 4.27. The van der Waals surface area contributed by atoms with Crippen molar-refractivity contribution in [1.29, 1.82) is 0 Å². The Labute approximate surface area is 124 Å². The van der Waals surface area contributed by atoms with E-state index in [2.05, 4.69) is 0 Å². The van der Waals surface area contributed by atoms with E-state index in [-0.39, 0.29) is 6.61 Å². The molecule has 0 aliphatic rings. The number of hydrogen-bond donors (Lipinski definition) is 0. The van der Waals surface area contributed by atoms with Crippen molar-refractivity contribution >= 4 is 35.1 Å². The molecule has 6 heteroatoms. The molecule has 0 N–H and O–H groups in total. The highest BCUT2D eigenvalue weighted by Gasteiger charge is 2.45. The van der Waals surface area contributed by atoms with Gasteiger partial charge in [-0.05, 0) is 19.3 Å². The standard InChI is InChI=1S/C13H22Cl2O4/c1-4-7-8-18-11(16)13(5-2,6-3)12(17)19-9-10(14)15/h10H,4-9H2,1-3H3. The van der Waals surface area contributed by atoms with Crippen LogP contribution in [0.15, 0.2) is 0 Å². The van der Waals surface area contributed by atoms with Gasteiger partial charge < -0.3 is 9.47 Å². The molecule has 0 amide bonds. The minimum atomic E-state index is -1.25. The fourth-order valence-corrected chi connectivity index (χ4v) is 1.76. The number of rotatable bonds is 9. The van der Waals surface area contributed by atoms with Crippen LogP contribution in [0.1, 0.15) is 46.5 Å². The van der Waals surface area contributed by atoms with Crippen molar-refractivity contribution in [2.24, 2.45) is 5.41 Å². The number of halogens is 2. The van der Waals surface area contributed by atoms with Gasteiger partial charge >= 0.3 is 11.9 Å².